The third-order valence-corrected chi connectivity index (χ3v) is 2.91. The normalized spacial score (nSPS) is 11.0. The van der Waals surface area contributed by atoms with E-state index in [4.69, 9.17) is 9.47 Å². The van der Waals surface area contributed by atoms with Crippen LogP contribution in [0.15, 0.2) is 29.4 Å². The number of rotatable bonds is 6. The van der Waals surface area contributed by atoms with Crippen molar-refractivity contribution in [2.24, 2.45) is 5.10 Å². The minimum atomic E-state index is 0.0896. The smallest absolute Gasteiger partial charge is 0.243 e. The molecule has 23 heavy (non-hydrogen) atoms. The van der Waals surface area contributed by atoms with Gasteiger partial charge in [-0.15, -0.1) is 0 Å². The Bertz CT molecular complexity index is 679. The van der Waals surface area contributed by atoms with Gasteiger partial charge in [0.2, 0.25) is 5.95 Å². The zero-order chi connectivity index (χ0) is 16.8. The van der Waals surface area contributed by atoms with Gasteiger partial charge in [-0.3, -0.25) is 0 Å². The zero-order valence-corrected chi connectivity index (χ0v) is 14.1. The molecule has 122 valence electrons. The quantitative estimate of drug-likeness (QED) is 0.654. The molecule has 1 heterocycles. The highest BCUT2D eigenvalue weighted by atomic mass is 16.5. The minimum Gasteiger partial charge on any atom is -0.493 e. The van der Waals surface area contributed by atoms with Crippen LogP contribution in [0.5, 0.6) is 11.5 Å². The molecule has 0 aliphatic rings. The van der Waals surface area contributed by atoms with Crippen molar-refractivity contribution in [3.8, 4) is 11.5 Å². The van der Waals surface area contributed by atoms with E-state index in [0.717, 1.165) is 17.0 Å². The van der Waals surface area contributed by atoms with Crippen molar-refractivity contribution in [3.05, 3.63) is 41.2 Å². The summed E-state index contributed by atoms with van der Waals surface area (Å²) in [7, 11) is 1.62. The Morgan fingerprint density at radius 1 is 1.09 bits per heavy atom. The van der Waals surface area contributed by atoms with Crippen LogP contribution in [0.4, 0.5) is 5.95 Å². The van der Waals surface area contributed by atoms with Crippen LogP contribution >= 0.6 is 0 Å². The number of ether oxygens (including phenoxy) is 2. The van der Waals surface area contributed by atoms with E-state index in [-0.39, 0.29) is 6.10 Å². The minimum absolute atomic E-state index is 0.0896. The summed E-state index contributed by atoms with van der Waals surface area (Å²) in [6, 6.07) is 7.56. The second kappa shape index (κ2) is 7.58. The second-order valence-electron chi connectivity index (χ2n) is 5.42. The summed E-state index contributed by atoms with van der Waals surface area (Å²) in [5.41, 5.74) is 5.51. The first-order valence-electron chi connectivity index (χ1n) is 7.44. The van der Waals surface area contributed by atoms with E-state index in [1.165, 1.54) is 0 Å². The monoisotopic (exact) mass is 314 g/mol. The molecule has 1 N–H and O–H groups in total. The van der Waals surface area contributed by atoms with E-state index in [1.54, 1.807) is 13.3 Å². The lowest BCUT2D eigenvalue weighted by Crippen LogP contribution is -2.06. The summed E-state index contributed by atoms with van der Waals surface area (Å²) < 4.78 is 11.0. The van der Waals surface area contributed by atoms with Gasteiger partial charge in [0.1, 0.15) is 0 Å². The molecule has 6 nitrogen and oxygen atoms in total. The Kier molecular flexibility index (Phi) is 5.51. The lowest BCUT2D eigenvalue weighted by Gasteiger charge is -2.13. The van der Waals surface area contributed by atoms with Crippen molar-refractivity contribution in [2.45, 2.75) is 33.8 Å². The zero-order valence-electron chi connectivity index (χ0n) is 14.1. The van der Waals surface area contributed by atoms with E-state index < -0.39 is 0 Å². The van der Waals surface area contributed by atoms with E-state index in [0.29, 0.717) is 17.4 Å². The number of hydrogen-bond acceptors (Lipinski definition) is 6. The van der Waals surface area contributed by atoms with Crippen molar-refractivity contribution in [1.29, 1.82) is 0 Å². The summed E-state index contributed by atoms with van der Waals surface area (Å²) in [6.45, 7) is 7.79. The van der Waals surface area contributed by atoms with Crippen molar-refractivity contribution < 1.29 is 9.47 Å². The van der Waals surface area contributed by atoms with E-state index in [9.17, 15) is 0 Å². The number of hydrazone groups is 1. The molecule has 0 unspecified atom stereocenters. The maximum Gasteiger partial charge on any atom is 0.243 e. The van der Waals surface area contributed by atoms with Gasteiger partial charge in [0.15, 0.2) is 11.5 Å². The van der Waals surface area contributed by atoms with Gasteiger partial charge in [-0.1, -0.05) is 0 Å². The summed E-state index contributed by atoms with van der Waals surface area (Å²) in [5.74, 6) is 1.86. The fourth-order valence-electron chi connectivity index (χ4n) is 2.06. The SMILES string of the molecule is COc1cc(C=NNc2nc(C)cc(C)n2)ccc1OC(C)C. The van der Waals surface area contributed by atoms with Crippen LogP contribution in [0.3, 0.4) is 0 Å². The summed E-state index contributed by atoms with van der Waals surface area (Å²) in [4.78, 5) is 8.53. The molecule has 0 amide bonds. The van der Waals surface area contributed by atoms with Crippen LogP contribution in [0.2, 0.25) is 0 Å². The number of hydrogen-bond donors (Lipinski definition) is 1. The maximum atomic E-state index is 5.69. The first kappa shape index (κ1) is 16.7. The molecule has 0 spiro atoms. The molecular formula is C17H22N4O2. The van der Waals surface area contributed by atoms with Gasteiger partial charge in [0.05, 0.1) is 19.4 Å². The van der Waals surface area contributed by atoms with Crippen LogP contribution in [0.25, 0.3) is 0 Å². The fourth-order valence-corrected chi connectivity index (χ4v) is 2.06. The van der Waals surface area contributed by atoms with E-state index in [1.807, 2.05) is 52.0 Å². The lowest BCUT2D eigenvalue weighted by atomic mass is 10.2. The Labute approximate surface area is 136 Å². The Morgan fingerprint density at radius 2 is 1.78 bits per heavy atom. The van der Waals surface area contributed by atoms with E-state index in [2.05, 4.69) is 20.5 Å². The number of benzene rings is 1. The summed E-state index contributed by atoms with van der Waals surface area (Å²) >= 11 is 0. The largest absolute Gasteiger partial charge is 0.493 e. The van der Waals surface area contributed by atoms with E-state index >= 15 is 0 Å². The van der Waals surface area contributed by atoms with Crippen molar-refractivity contribution in [3.63, 3.8) is 0 Å². The molecule has 0 saturated carbocycles. The van der Waals surface area contributed by atoms with Gasteiger partial charge < -0.3 is 9.47 Å². The molecule has 0 bridgehead atoms. The number of aryl methyl sites for hydroxylation is 2. The second-order valence-corrected chi connectivity index (χ2v) is 5.42. The standard InChI is InChI=1S/C17H22N4O2/c1-11(2)23-15-7-6-14(9-16(15)22-5)10-18-21-17-19-12(3)8-13(4)20-17/h6-11H,1-5H3,(H,19,20,21). The predicted molar refractivity (Wildman–Crippen MR) is 91.5 cm³/mol. The van der Waals surface area contributed by atoms with Gasteiger partial charge in [-0.2, -0.15) is 5.10 Å². The highest BCUT2D eigenvalue weighted by molar-refractivity contribution is 5.81. The van der Waals surface area contributed by atoms with Crippen molar-refractivity contribution in [1.82, 2.24) is 9.97 Å². The number of aromatic nitrogens is 2. The summed E-state index contributed by atoms with van der Waals surface area (Å²) in [5, 5.41) is 4.16. The van der Waals surface area contributed by atoms with Gasteiger partial charge in [-0.25, -0.2) is 15.4 Å². The number of nitrogens with one attached hydrogen (secondary N) is 1. The Balaban J connectivity index is 2.10. The van der Waals surface area contributed by atoms with Crippen LogP contribution in [0, 0.1) is 13.8 Å². The van der Waals surface area contributed by atoms with Gasteiger partial charge in [0, 0.05) is 11.4 Å². The predicted octanol–water partition coefficient (Wildman–Crippen LogP) is 3.34. The third kappa shape index (κ3) is 4.95. The molecule has 2 aromatic rings. The highest BCUT2D eigenvalue weighted by Crippen LogP contribution is 2.28. The fraction of sp³-hybridized carbons (Fsp3) is 0.353. The first-order valence-corrected chi connectivity index (χ1v) is 7.44. The summed E-state index contributed by atoms with van der Waals surface area (Å²) in [6.07, 6.45) is 1.77. The molecule has 0 aliphatic carbocycles. The van der Waals surface area contributed by atoms with Gasteiger partial charge >= 0.3 is 0 Å². The van der Waals surface area contributed by atoms with Crippen molar-refractivity contribution >= 4 is 12.2 Å². The van der Waals surface area contributed by atoms with Crippen LogP contribution < -0.4 is 14.9 Å². The molecule has 0 saturated heterocycles. The topological polar surface area (TPSA) is 68.6 Å². The highest BCUT2D eigenvalue weighted by Gasteiger charge is 2.06. The van der Waals surface area contributed by atoms with Crippen LogP contribution in [-0.2, 0) is 0 Å². The molecule has 0 fully saturated rings. The third-order valence-electron chi connectivity index (χ3n) is 2.91. The van der Waals surface area contributed by atoms with Crippen LogP contribution in [-0.4, -0.2) is 29.4 Å². The van der Waals surface area contributed by atoms with Crippen LogP contribution in [0.1, 0.15) is 30.8 Å². The average molecular weight is 314 g/mol. The molecule has 0 radical (unpaired) electrons. The molecule has 1 aromatic heterocycles. The molecule has 1 aromatic carbocycles. The molecular weight excluding hydrogens is 292 g/mol. The molecule has 6 heteroatoms. The van der Waals surface area contributed by atoms with Gasteiger partial charge in [0.25, 0.3) is 0 Å². The molecule has 0 aliphatic heterocycles. The van der Waals surface area contributed by atoms with Crippen molar-refractivity contribution in [2.75, 3.05) is 12.5 Å². The Morgan fingerprint density at radius 3 is 2.39 bits per heavy atom. The average Bonchev–Trinajstić information content (AvgIpc) is 2.47. The van der Waals surface area contributed by atoms with Gasteiger partial charge in [-0.05, 0) is 57.5 Å². The maximum absolute atomic E-state index is 5.69. The lowest BCUT2D eigenvalue weighted by molar-refractivity contribution is 0.230. The number of nitrogens with zero attached hydrogens (tertiary/aromatic N) is 3. The number of methoxy groups -OCH3 is 1. The molecule has 0 atom stereocenters. The Hall–Kier alpha value is -2.63. The first-order chi connectivity index (χ1) is 11.0. The number of anilines is 1. The molecule has 2 rings (SSSR count).